The minimum absolute atomic E-state index is 0.0405. The van der Waals surface area contributed by atoms with E-state index in [2.05, 4.69) is 5.32 Å². The van der Waals surface area contributed by atoms with Gasteiger partial charge in [0.2, 0.25) is 0 Å². The number of hydrogen-bond acceptors (Lipinski definition) is 2. The van der Waals surface area contributed by atoms with Crippen molar-refractivity contribution in [1.82, 2.24) is 10.2 Å². The summed E-state index contributed by atoms with van der Waals surface area (Å²) >= 11 is 0. The van der Waals surface area contributed by atoms with E-state index in [9.17, 15) is 9.59 Å². The largest absolute Gasteiger partial charge is 0.335 e. The molecule has 4 heteroatoms. The van der Waals surface area contributed by atoms with Gasteiger partial charge in [-0.1, -0.05) is 0 Å². The average molecular weight is 212 g/mol. The zero-order valence-electron chi connectivity index (χ0n) is 9.75. The lowest BCUT2D eigenvalue weighted by atomic mass is 9.84. The van der Waals surface area contributed by atoms with Crippen molar-refractivity contribution in [2.24, 2.45) is 5.92 Å². The molecule has 0 aliphatic heterocycles. The van der Waals surface area contributed by atoms with E-state index < -0.39 is 0 Å². The summed E-state index contributed by atoms with van der Waals surface area (Å²) in [6.07, 6.45) is 3.66. The Morgan fingerprint density at radius 3 is 2.07 bits per heavy atom. The van der Waals surface area contributed by atoms with Gasteiger partial charge in [-0.25, -0.2) is 4.79 Å². The first-order chi connectivity index (χ1) is 7.00. The smallest absolute Gasteiger partial charge is 0.317 e. The standard InChI is InChI=1S/C11H20N2O2/c1-8(14)9-4-6-10(7-5-9)12-11(15)13(2)3/h9-10H,4-7H2,1-3H3,(H,12,15). The Labute approximate surface area is 91.0 Å². The zero-order valence-corrected chi connectivity index (χ0v) is 9.75. The molecule has 1 fully saturated rings. The molecule has 0 radical (unpaired) electrons. The SMILES string of the molecule is CC(=O)C1CCC(NC(=O)N(C)C)CC1. The molecule has 0 spiro atoms. The van der Waals surface area contributed by atoms with E-state index in [0.717, 1.165) is 25.7 Å². The zero-order chi connectivity index (χ0) is 11.4. The van der Waals surface area contributed by atoms with E-state index in [4.69, 9.17) is 0 Å². The van der Waals surface area contributed by atoms with Gasteiger partial charge in [0.1, 0.15) is 5.78 Å². The van der Waals surface area contributed by atoms with E-state index in [1.165, 1.54) is 4.90 Å². The van der Waals surface area contributed by atoms with Crippen LogP contribution in [0.2, 0.25) is 0 Å². The van der Waals surface area contributed by atoms with Gasteiger partial charge in [0.05, 0.1) is 0 Å². The van der Waals surface area contributed by atoms with Crippen molar-refractivity contribution in [2.45, 2.75) is 38.6 Å². The lowest BCUT2D eigenvalue weighted by Gasteiger charge is -2.28. The van der Waals surface area contributed by atoms with Gasteiger partial charge < -0.3 is 10.2 Å². The molecular weight excluding hydrogens is 192 g/mol. The Balaban J connectivity index is 2.32. The maximum atomic E-state index is 11.4. The number of Topliss-reactive ketones (excluding diaryl/α,β-unsaturated/α-hetero) is 1. The number of urea groups is 1. The third kappa shape index (κ3) is 3.53. The van der Waals surface area contributed by atoms with Crippen LogP contribution in [0.4, 0.5) is 4.79 Å². The maximum absolute atomic E-state index is 11.4. The van der Waals surface area contributed by atoms with Crippen LogP contribution in [0.1, 0.15) is 32.6 Å². The Morgan fingerprint density at radius 1 is 1.13 bits per heavy atom. The molecule has 0 unspecified atom stereocenters. The van der Waals surface area contributed by atoms with Gasteiger partial charge in [-0.2, -0.15) is 0 Å². The van der Waals surface area contributed by atoms with Gasteiger partial charge in [0.25, 0.3) is 0 Å². The molecule has 0 aromatic carbocycles. The summed E-state index contributed by atoms with van der Waals surface area (Å²) in [5.74, 6) is 0.505. The van der Waals surface area contributed by atoms with Crippen LogP contribution < -0.4 is 5.32 Å². The summed E-state index contributed by atoms with van der Waals surface area (Å²) in [5, 5.41) is 2.95. The van der Waals surface area contributed by atoms with Gasteiger partial charge in [-0.3, -0.25) is 4.79 Å². The Kier molecular flexibility index (Phi) is 4.12. The van der Waals surface area contributed by atoms with E-state index in [-0.39, 0.29) is 23.8 Å². The van der Waals surface area contributed by atoms with Crippen LogP contribution in [-0.2, 0) is 4.79 Å². The van der Waals surface area contributed by atoms with Gasteiger partial charge in [-0.15, -0.1) is 0 Å². The van der Waals surface area contributed by atoms with Crippen molar-refractivity contribution in [3.05, 3.63) is 0 Å². The van der Waals surface area contributed by atoms with Crippen LogP contribution in [0.5, 0.6) is 0 Å². The lowest BCUT2D eigenvalue weighted by molar-refractivity contribution is -0.121. The van der Waals surface area contributed by atoms with Crippen LogP contribution >= 0.6 is 0 Å². The van der Waals surface area contributed by atoms with Crippen molar-refractivity contribution < 1.29 is 9.59 Å². The van der Waals surface area contributed by atoms with Crippen LogP contribution in [0, 0.1) is 5.92 Å². The molecular formula is C11H20N2O2. The van der Waals surface area contributed by atoms with E-state index in [1.54, 1.807) is 21.0 Å². The number of rotatable bonds is 2. The number of ketones is 1. The molecule has 4 nitrogen and oxygen atoms in total. The summed E-state index contributed by atoms with van der Waals surface area (Å²) in [7, 11) is 3.47. The molecule has 15 heavy (non-hydrogen) atoms. The first-order valence-electron chi connectivity index (χ1n) is 5.49. The first-order valence-corrected chi connectivity index (χ1v) is 5.49. The second-order valence-corrected chi connectivity index (χ2v) is 4.50. The molecule has 1 rings (SSSR count). The molecule has 86 valence electrons. The molecule has 2 amide bonds. The van der Waals surface area contributed by atoms with Gasteiger partial charge in [-0.05, 0) is 32.6 Å². The van der Waals surface area contributed by atoms with Gasteiger partial charge in [0, 0.05) is 26.1 Å². The third-order valence-corrected chi connectivity index (χ3v) is 3.04. The maximum Gasteiger partial charge on any atom is 0.317 e. The number of hydrogen-bond donors (Lipinski definition) is 1. The molecule has 0 heterocycles. The number of amides is 2. The minimum atomic E-state index is -0.0405. The lowest BCUT2D eigenvalue weighted by Crippen LogP contribution is -2.43. The van der Waals surface area contributed by atoms with Crippen molar-refractivity contribution in [3.8, 4) is 0 Å². The summed E-state index contributed by atoms with van der Waals surface area (Å²) in [6.45, 7) is 1.66. The topological polar surface area (TPSA) is 49.4 Å². The van der Waals surface area contributed by atoms with Crippen molar-refractivity contribution in [2.75, 3.05) is 14.1 Å². The molecule has 1 aliphatic carbocycles. The fourth-order valence-corrected chi connectivity index (χ4v) is 1.95. The van der Waals surface area contributed by atoms with E-state index in [1.807, 2.05) is 0 Å². The number of nitrogens with one attached hydrogen (secondary N) is 1. The number of carbonyl (C=O) groups is 2. The number of carbonyl (C=O) groups excluding carboxylic acids is 2. The van der Waals surface area contributed by atoms with E-state index in [0.29, 0.717) is 0 Å². The summed E-state index contributed by atoms with van der Waals surface area (Å²) < 4.78 is 0. The third-order valence-electron chi connectivity index (χ3n) is 3.04. The van der Waals surface area contributed by atoms with Gasteiger partial charge in [0.15, 0.2) is 0 Å². The van der Waals surface area contributed by atoms with Crippen molar-refractivity contribution in [1.29, 1.82) is 0 Å². The second-order valence-electron chi connectivity index (χ2n) is 4.50. The molecule has 1 aliphatic rings. The fourth-order valence-electron chi connectivity index (χ4n) is 1.95. The normalized spacial score (nSPS) is 25.8. The number of nitrogens with zero attached hydrogens (tertiary/aromatic N) is 1. The molecule has 0 aromatic rings. The highest BCUT2D eigenvalue weighted by Gasteiger charge is 2.24. The summed E-state index contributed by atoms with van der Waals surface area (Å²) in [5.41, 5.74) is 0. The Morgan fingerprint density at radius 2 is 1.67 bits per heavy atom. The fraction of sp³-hybridized carbons (Fsp3) is 0.818. The monoisotopic (exact) mass is 212 g/mol. The first kappa shape index (κ1) is 12.0. The van der Waals surface area contributed by atoms with Crippen LogP contribution in [0.25, 0.3) is 0 Å². The molecule has 0 aromatic heterocycles. The van der Waals surface area contributed by atoms with Crippen molar-refractivity contribution >= 4 is 11.8 Å². The van der Waals surface area contributed by atoms with Gasteiger partial charge >= 0.3 is 6.03 Å². The molecule has 0 saturated heterocycles. The summed E-state index contributed by atoms with van der Waals surface area (Å²) in [4.78, 5) is 24.1. The highest BCUT2D eigenvalue weighted by Crippen LogP contribution is 2.24. The summed E-state index contributed by atoms with van der Waals surface area (Å²) in [6, 6.07) is 0.205. The van der Waals surface area contributed by atoms with E-state index >= 15 is 0 Å². The molecule has 0 bridgehead atoms. The quantitative estimate of drug-likeness (QED) is 0.752. The average Bonchev–Trinajstić information content (AvgIpc) is 2.18. The Bertz CT molecular complexity index is 243. The highest BCUT2D eigenvalue weighted by atomic mass is 16.2. The Hall–Kier alpha value is -1.06. The van der Waals surface area contributed by atoms with Crippen molar-refractivity contribution in [3.63, 3.8) is 0 Å². The highest BCUT2D eigenvalue weighted by molar-refractivity contribution is 5.78. The predicted molar refractivity (Wildman–Crippen MR) is 58.6 cm³/mol. The second kappa shape index (κ2) is 5.14. The van der Waals surface area contributed by atoms with Crippen LogP contribution in [-0.4, -0.2) is 36.9 Å². The minimum Gasteiger partial charge on any atom is -0.335 e. The molecule has 0 atom stereocenters. The molecule has 1 saturated carbocycles. The van der Waals surface area contributed by atoms with Crippen LogP contribution in [0.3, 0.4) is 0 Å². The molecule has 1 N–H and O–H groups in total. The van der Waals surface area contributed by atoms with Crippen LogP contribution in [0.15, 0.2) is 0 Å². The predicted octanol–water partition coefficient (Wildman–Crippen LogP) is 1.41.